The van der Waals surface area contributed by atoms with Gasteiger partial charge in [-0.2, -0.15) is 13.2 Å². The number of aromatic hydroxyl groups is 1. The molecule has 2 heterocycles. The van der Waals surface area contributed by atoms with Crippen molar-refractivity contribution in [1.29, 1.82) is 0 Å². The molecule has 1 aliphatic rings. The Hall–Kier alpha value is -3.16. The third kappa shape index (κ3) is 2.46. The number of alkyl halides is 3. The van der Waals surface area contributed by atoms with E-state index >= 15 is 0 Å². The molecule has 8 heteroatoms. The Morgan fingerprint density at radius 2 is 1.76 bits per heavy atom. The van der Waals surface area contributed by atoms with Gasteiger partial charge in [-0.05, 0) is 29.8 Å². The zero-order valence-corrected chi connectivity index (χ0v) is 12.4. The van der Waals surface area contributed by atoms with Gasteiger partial charge in [0, 0.05) is 6.07 Å². The summed E-state index contributed by atoms with van der Waals surface area (Å²) in [5.74, 6) is -1.11. The van der Waals surface area contributed by atoms with Gasteiger partial charge in [-0.15, -0.1) is 0 Å². The second-order valence-corrected chi connectivity index (χ2v) is 5.38. The van der Waals surface area contributed by atoms with E-state index in [9.17, 15) is 23.1 Å². The summed E-state index contributed by atoms with van der Waals surface area (Å²) in [6.45, 7) is -0.0451. The van der Waals surface area contributed by atoms with Gasteiger partial charge >= 0.3 is 6.18 Å². The number of hydrogen-bond acceptors (Lipinski definition) is 5. The molecule has 0 spiro atoms. The van der Waals surface area contributed by atoms with E-state index in [1.54, 1.807) is 0 Å². The molecule has 5 nitrogen and oxygen atoms in total. The maximum atomic E-state index is 13.5. The summed E-state index contributed by atoms with van der Waals surface area (Å²) in [5, 5.41) is 9.36. The van der Waals surface area contributed by atoms with Crippen LogP contribution in [-0.2, 0) is 6.18 Å². The molecule has 4 rings (SSSR count). The minimum atomic E-state index is -4.90. The fourth-order valence-electron chi connectivity index (χ4n) is 2.70. The lowest BCUT2D eigenvalue weighted by Gasteiger charge is -2.13. The number of benzene rings is 2. The molecule has 0 saturated heterocycles. The first kappa shape index (κ1) is 15.4. The molecule has 1 aromatic heterocycles. The van der Waals surface area contributed by atoms with Gasteiger partial charge in [-0.1, -0.05) is 6.07 Å². The Bertz CT molecular complexity index is 1050. The van der Waals surface area contributed by atoms with Crippen LogP contribution < -0.4 is 14.9 Å². The number of rotatable bonds is 1. The van der Waals surface area contributed by atoms with Crippen molar-refractivity contribution in [2.75, 3.05) is 6.79 Å². The van der Waals surface area contributed by atoms with Crippen molar-refractivity contribution in [3.8, 4) is 28.4 Å². The molecule has 2 aromatic carbocycles. The standard InChI is InChI=1S/C17H9F3O5/c18-17(19,20)16-14(8-1-4-11-13(5-8)24-7-23-11)15(22)10-3-2-9(21)6-12(10)25-16/h1-6,21H,7H2. The molecule has 0 radical (unpaired) electrons. The zero-order valence-electron chi connectivity index (χ0n) is 12.4. The smallest absolute Gasteiger partial charge is 0.450 e. The van der Waals surface area contributed by atoms with E-state index < -0.39 is 22.9 Å². The first-order valence-corrected chi connectivity index (χ1v) is 7.11. The monoisotopic (exact) mass is 350 g/mol. The van der Waals surface area contributed by atoms with E-state index in [1.165, 1.54) is 30.3 Å². The lowest BCUT2D eigenvalue weighted by molar-refractivity contribution is -0.152. The second-order valence-electron chi connectivity index (χ2n) is 5.38. The summed E-state index contributed by atoms with van der Waals surface area (Å²) in [4.78, 5) is 12.7. The van der Waals surface area contributed by atoms with Crippen LogP contribution >= 0.6 is 0 Å². The van der Waals surface area contributed by atoms with Crippen LogP contribution in [0.5, 0.6) is 17.2 Å². The molecule has 1 N–H and O–H groups in total. The van der Waals surface area contributed by atoms with Gasteiger partial charge < -0.3 is 19.0 Å². The van der Waals surface area contributed by atoms with Crippen LogP contribution in [0.15, 0.2) is 45.6 Å². The molecule has 25 heavy (non-hydrogen) atoms. The van der Waals surface area contributed by atoms with Gasteiger partial charge in [0.05, 0.1) is 10.9 Å². The first-order valence-electron chi connectivity index (χ1n) is 7.11. The fraction of sp³-hybridized carbons (Fsp3) is 0.118. The van der Waals surface area contributed by atoms with Crippen molar-refractivity contribution in [2.24, 2.45) is 0 Å². The van der Waals surface area contributed by atoms with Gasteiger partial charge in [-0.3, -0.25) is 4.79 Å². The maximum absolute atomic E-state index is 13.5. The minimum Gasteiger partial charge on any atom is -0.508 e. The molecule has 0 amide bonds. The summed E-state index contributed by atoms with van der Waals surface area (Å²) in [7, 11) is 0. The van der Waals surface area contributed by atoms with Crippen LogP contribution in [-0.4, -0.2) is 11.9 Å². The fourth-order valence-corrected chi connectivity index (χ4v) is 2.70. The third-order valence-corrected chi connectivity index (χ3v) is 3.79. The number of phenolic OH excluding ortho intramolecular Hbond substituents is 1. The zero-order chi connectivity index (χ0) is 17.8. The van der Waals surface area contributed by atoms with Crippen LogP contribution in [0.3, 0.4) is 0 Å². The van der Waals surface area contributed by atoms with Gasteiger partial charge in [0.2, 0.25) is 18.0 Å². The summed E-state index contributed by atoms with van der Waals surface area (Å²) >= 11 is 0. The summed E-state index contributed by atoms with van der Waals surface area (Å²) < 4.78 is 55.6. The van der Waals surface area contributed by atoms with Crippen LogP contribution in [0.1, 0.15) is 5.76 Å². The lowest BCUT2D eigenvalue weighted by Crippen LogP contribution is -2.16. The summed E-state index contributed by atoms with van der Waals surface area (Å²) in [5.41, 5.74) is -1.82. The van der Waals surface area contributed by atoms with E-state index in [4.69, 9.17) is 13.9 Å². The Balaban J connectivity index is 2.06. The van der Waals surface area contributed by atoms with Gasteiger partial charge in [0.15, 0.2) is 11.5 Å². The number of halogens is 3. The summed E-state index contributed by atoms with van der Waals surface area (Å²) in [6.07, 6.45) is -4.90. The molecule has 0 fully saturated rings. The highest BCUT2D eigenvalue weighted by Gasteiger charge is 2.39. The molecule has 0 saturated carbocycles. The maximum Gasteiger partial charge on any atom is 0.450 e. The lowest BCUT2D eigenvalue weighted by atomic mass is 10.0. The molecule has 0 atom stereocenters. The quantitative estimate of drug-likeness (QED) is 0.721. The molecule has 0 unspecified atom stereocenters. The second kappa shape index (κ2) is 5.17. The van der Waals surface area contributed by atoms with Gasteiger partial charge in [0.25, 0.3) is 0 Å². The SMILES string of the molecule is O=c1c(-c2ccc3c(c2)OCO3)c(C(F)(F)F)oc2cc(O)ccc12. The summed E-state index contributed by atoms with van der Waals surface area (Å²) in [6, 6.07) is 7.45. The van der Waals surface area contributed by atoms with Crippen molar-refractivity contribution < 1.29 is 32.2 Å². The van der Waals surface area contributed by atoms with Crippen molar-refractivity contribution in [3.63, 3.8) is 0 Å². The van der Waals surface area contributed by atoms with Crippen LogP contribution in [0.25, 0.3) is 22.1 Å². The first-order chi connectivity index (χ1) is 11.8. The molecular formula is C17H9F3O5. The Morgan fingerprint density at radius 3 is 2.52 bits per heavy atom. The van der Waals surface area contributed by atoms with E-state index in [1.807, 2.05) is 0 Å². The predicted octanol–water partition coefficient (Wildman–Crippen LogP) is 3.91. The van der Waals surface area contributed by atoms with Gasteiger partial charge in [0.1, 0.15) is 11.3 Å². The van der Waals surface area contributed by atoms with Crippen molar-refractivity contribution in [1.82, 2.24) is 0 Å². The molecule has 0 bridgehead atoms. The van der Waals surface area contributed by atoms with Gasteiger partial charge in [-0.25, -0.2) is 0 Å². The van der Waals surface area contributed by atoms with Crippen molar-refractivity contribution in [3.05, 3.63) is 52.4 Å². The highest BCUT2D eigenvalue weighted by atomic mass is 19.4. The minimum absolute atomic E-state index is 0.000278. The van der Waals surface area contributed by atoms with Crippen molar-refractivity contribution >= 4 is 11.0 Å². The molecule has 0 aliphatic carbocycles. The highest BCUT2D eigenvalue weighted by molar-refractivity contribution is 5.84. The average molecular weight is 350 g/mol. The van der Waals surface area contributed by atoms with E-state index in [2.05, 4.69) is 0 Å². The predicted molar refractivity (Wildman–Crippen MR) is 80.7 cm³/mol. The average Bonchev–Trinajstić information content (AvgIpc) is 3.01. The Labute approximate surface area is 137 Å². The van der Waals surface area contributed by atoms with Crippen molar-refractivity contribution in [2.45, 2.75) is 6.18 Å². The third-order valence-electron chi connectivity index (χ3n) is 3.79. The van der Waals surface area contributed by atoms with E-state index in [0.29, 0.717) is 5.75 Å². The Morgan fingerprint density at radius 1 is 1.00 bits per heavy atom. The normalized spacial score (nSPS) is 13.4. The molecule has 3 aromatic rings. The molecular weight excluding hydrogens is 341 g/mol. The largest absolute Gasteiger partial charge is 0.508 e. The number of phenols is 1. The molecule has 128 valence electrons. The Kier molecular flexibility index (Phi) is 3.18. The van der Waals surface area contributed by atoms with Crippen LogP contribution in [0.2, 0.25) is 0 Å². The number of hydrogen-bond donors (Lipinski definition) is 1. The number of ether oxygens (including phenoxy) is 2. The highest BCUT2D eigenvalue weighted by Crippen LogP contribution is 2.41. The van der Waals surface area contributed by atoms with Crippen LogP contribution in [0, 0.1) is 0 Å². The number of fused-ring (bicyclic) bond motifs is 2. The molecule has 1 aliphatic heterocycles. The topological polar surface area (TPSA) is 68.9 Å². The van der Waals surface area contributed by atoms with E-state index in [0.717, 1.165) is 6.07 Å². The van der Waals surface area contributed by atoms with Crippen LogP contribution in [0.4, 0.5) is 13.2 Å². The van der Waals surface area contributed by atoms with E-state index in [-0.39, 0.29) is 34.8 Å².